The van der Waals surface area contributed by atoms with Crippen LogP contribution in [0, 0.1) is 0 Å². The molecule has 0 radical (unpaired) electrons. The molecule has 2 aromatic carbocycles. The molecule has 22 heavy (non-hydrogen) atoms. The van der Waals surface area contributed by atoms with Crippen molar-refractivity contribution in [3.05, 3.63) is 70.8 Å². The topological polar surface area (TPSA) is 54.5 Å². The average Bonchev–Trinajstić information content (AvgIpc) is 2.79. The number of carbonyl (C=O) groups excluding carboxylic acids is 3. The van der Waals surface area contributed by atoms with Crippen LogP contribution in [-0.4, -0.2) is 22.5 Å². The molecule has 1 aliphatic heterocycles. The van der Waals surface area contributed by atoms with Crippen molar-refractivity contribution in [3.8, 4) is 0 Å². The number of Topliss-reactive ketones (excluding diaryl/α,β-unsaturated/α-hetero) is 1. The molecule has 110 valence electrons. The number of imide groups is 1. The summed E-state index contributed by atoms with van der Waals surface area (Å²) in [7, 11) is 0. The molecule has 2 aromatic rings. The van der Waals surface area contributed by atoms with E-state index in [9.17, 15) is 14.4 Å². The Morgan fingerprint density at radius 1 is 0.909 bits per heavy atom. The van der Waals surface area contributed by atoms with Gasteiger partial charge in [0.1, 0.15) is 0 Å². The van der Waals surface area contributed by atoms with Crippen LogP contribution in [0.25, 0.3) is 0 Å². The summed E-state index contributed by atoms with van der Waals surface area (Å²) in [6.07, 6.45) is 0. The highest BCUT2D eigenvalue weighted by Gasteiger charge is 2.38. The molecule has 1 heterocycles. The zero-order chi connectivity index (χ0) is 15.9. The number of rotatable bonds is 3. The number of nitrogens with zero attached hydrogens (tertiary/aromatic N) is 1. The van der Waals surface area contributed by atoms with Crippen LogP contribution in [0.2, 0.25) is 0 Å². The number of benzene rings is 2. The minimum atomic E-state index is -0.381. The Hall–Kier alpha value is -2.75. The fraction of sp³-hybridized carbons (Fsp3) is 0.167. The summed E-state index contributed by atoms with van der Waals surface area (Å²) in [5.74, 6) is -0.563. The van der Waals surface area contributed by atoms with Gasteiger partial charge in [-0.05, 0) is 31.5 Å². The minimum absolute atomic E-state index is 0.0140. The summed E-state index contributed by atoms with van der Waals surface area (Å²) in [6, 6.07) is 13.4. The molecule has 4 nitrogen and oxygen atoms in total. The number of hydrogen-bond acceptors (Lipinski definition) is 3. The second kappa shape index (κ2) is 5.22. The van der Waals surface area contributed by atoms with Gasteiger partial charge < -0.3 is 0 Å². The fourth-order valence-electron chi connectivity index (χ4n) is 2.71. The van der Waals surface area contributed by atoms with Crippen molar-refractivity contribution in [2.24, 2.45) is 0 Å². The smallest absolute Gasteiger partial charge is 0.262 e. The standard InChI is InChI=1S/C18H15NO3/c1-11(13-7-9-14(10-8-13)12(2)20)19-17(21)15-5-3-4-6-16(15)18(19)22/h3-11H,1-2H3. The molecule has 0 fully saturated rings. The lowest BCUT2D eigenvalue weighted by molar-refractivity contribution is 0.0595. The predicted molar refractivity (Wildman–Crippen MR) is 81.8 cm³/mol. The van der Waals surface area contributed by atoms with Gasteiger partial charge >= 0.3 is 0 Å². The van der Waals surface area contributed by atoms with Gasteiger partial charge in [-0.3, -0.25) is 19.3 Å². The quantitative estimate of drug-likeness (QED) is 0.645. The van der Waals surface area contributed by atoms with Gasteiger partial charge in [0.05, 0.1) is 17.2 Å². The largest absolute Gasteiger partial charge is 0.295 e. The molecular formula is C18H15NO3. The Labute approximate surface area is 128 Å². The monoisotopic (exact) mass is 293 g/mol. The Morgan fingerprint density at radius 3 is 1.86 bits per heavy atom. The molecule has 0 bridgehead atoms. The first-order chi connectivity index (χ1) is 10.5. The molecule has 0 saturated carbocycles. The van der Waals surface area contributed by atoms with E-state index in [1.807, 2.05) is 6.92 Å². The van der Waals surface area contributed by atoms with E-state index >= 15 is 0 Å². The van der Waals surface area contributed by atoms with Crippen molar-refractivity contribution < 1.29 is 14.4 Å². The van der Waals surface area contributed by atoms with E-state index in [4.69, 9.17) is 0 Å². The van der Waals surface area contributed by atoms with E-state index in [1.165, 1.54) is 11.8 Å². The summed E-state index contributed by atoms with van der Waals surface area (Å²) in [5.41, 5.74) is 2.32. The molecule has 0 spiro atoms. The molecule has 0 aliphatic carbocycles. The first-order valence-corrected chi connectivity index (χ1v) is 7.08. The van der Waals surface area contributed by atoms with E-state index in [0.717, 1.165) is 5.56 Å². The number of fused-ring (bicyclic) bond motifs is 1. The predicted octanol–water partition coefficient (Wildman–Crippen LogP) is 3.25. The summed E-state index contributed by atoms with van der Waals surface area (Å²) in [5, 5.41) is 0. The van der Waals surface area contributed by atoms with Crippen LogP contribution in [0.1, 0.15) is 56.5 Å². The fourth-order valence-corrected chi connectivity index (χ4v) is 2.71. The second-order valence-electron chi connectivity index (χ2n) is 5.38. The van der Waals surface area contributed by atoms with Crippen molar-refractivity contribution in [3.63, 3.8) is 0 Å². The summed E-state index contributed by atoms with van der Waals surface area (Å²) >= 11 is 0. The number of carbonyl (C=O) groups is 3. The molecule has 2 amide bonds. The van der Waals surface area contributed by atoms with Gasteiger partial charge in [0.25, 0.3) is 11.8 Å². The molecule has 4 heteroatoms. The summed E-state index contributed by atoms with van der Waals surface area (Å²) in [6.45, 7) is 3.31. The van der Waals surface area contributed by atoms with Crippen LogP contribution in [0.15, 0.2) is 48.5 Å². The van der Waals surface area contributed by atoms with Crippen LogP contribution >= 0.6 is 0 Å². The minimum Gasteiger partial charge on any atom is -0.295 e. The van der Waals surface area contributed by atoms with Gasteiger partial charge in [0.15, 0.2) is 5.78 Å². The second-order valence-corrected chi connectivity index (χ2v) is 5.38. The van der Waals surface area contributed by atoms with Gasteiger partial charge in [-0.2, -0.15) is 0 Å². The maximum Gasteiger partial charge on any atom is 0.262 e. The van der Waals surface area contributed by atoms with E-state index in [-0.39, 0.29) is 23.6 Å². The SMILES string of the molecule is CC(=O)c1ccc(C(C)N2C(=O)c3ccccc3C2=O)cc1. The van der Waals surface area contributed by atoms with Crippen LogP contribution in [0.5, 0.6) is 0 Å². The van der Waals surface area contributed by atoms with E-state index < -0.39 is 0 Å². The number of hydrogen-bond donors (Lipinski definition) is 0. The first-order valence-electron chi connectivity index (χ1n) is 7.08. The molecule has 0 saturated heterocycles. The molecule has 0 aromatic heterocycles. The van der Waals surface area contributed by atoms with Crippen molar-refractivity contribution in [2.45, 2.75) is 19.9 Å². The molecule has 1 atom stereocenters. The maximum absolute atomic E-state index is 12.4. The lowest BCUT2D eigenvalue weighted by Crippen LogP contribution is -2.32. The van der Waals surface area contributed by atoms with Crippen LogP contribution < -0.4 is 0 Å². The Bertz CT molecular complexity index is 742. The zero-order valence-electron chi connectivity index (χ0n) is 12.4. The molecule has 0 N–H and O–H groups in total. The number of amides is 2. The highest BCUT2D eigenvalue weighted by molar-refractivity contribution is 6.21. The van der Waals surface area contributed by atoms with Crippen LogP contribution in [-0.2, 0) is 0 Å². The van der Waals surface area contributed by atoms with Crippen molar-refractivity contribution in [1.82, 2.24) is 4.90 Å². The molecule has 1 unspecified atom stereocenters. The van der Waals surface area contributed by atoms with Gasteiger partial charge in [-0.15, -0.1) is 0 Å². The zero-order valence-corrected chi connectivity index (χ0v) is 12.4. The third-order valence-corrected chi connectivity index (χ3v) is 4.01. The third kappa shape index (κ3) is 2.13. The first kappa shape index (κ1) is 14.2. The van der Waals surface area contributed by atoms with Crippen molar-refractivity contribution in [2.75, 3.05) is 0 Å². The van der Waals surface area contributed by atoms with Crippen molar-refractivity contribution >= 4 is 17.6 Å². The van der Waals surface area contributed by atoms with Crippen molar-refractivity contribution in [1.29, 1.82) is 0 Å². The third-order valence-electron chi connectivity index (χ3n) is 4.01. The summed E-state index contributed by atoms with van der Waals surface area (Å²) < 4.78 is 0. The Kier molecular flexibility index (Phi) is 3.37. The van der Waals surface area contributed by atoms with Gasteiger partial charge in [-0.25, -0.2) is 0 Å². The maximum atomic E-state index is 12.4. The molecule has 3 rings (SSSR count). The van der Waals surface area contributed by atoms with Gasteiger partial charge in [-0.1, -0.05) is 36.4 Å². The Morgan fingerprint density at radius 2 is 1.41 bits per heavy atom. The molecule has 1 aliphatic rings. The normalized spacial score (nSPS) is 14.9. The van der Waals surface area contributed by atoms with Crippen LogP contribution in [0.3, 0.4) is 0 Å². The molecular weight excluding hydrogens is 278 g/mol. The van der Waals surface area contributed by atoms with Gasteiger partial charge in [0.2, 0.25) is 0 Å². The summed E-state index contributed by atoms with van der Waals surface area (Å²) in [4.78, 5) is 37.5. The Balaban J connectivity index is 1.93. The lowest BCUT2D eigenvalue weighted by atomic mass is 10.0. The van der Waals surface area contributed by atoms with E-state index in [0.29, 0.717) is 16.7 Å². The van der Waals surface area contributed by atoms with Crippen LogP contribution in [0.4, 0.5) is 0 Å². The lowest BCUT2D eigenvalue weighted by Gasteiger charge is -2.23. The van der Waals surface area contributed by atoms with Gasteiger partial charge in [0, 0.05) is 5.56 Å². The highest BCUT2D eigenvalue weighted by atomic mass is 16.2. The highest BCUT2D eigenvalue weighted by Crippen LogP contribution is 2.31. The number of ketones is 1. The average molecular weight is 293 g/mol. The van der Waals surface area contributed by atoms with E-state index in [2.05, 4.69) is 0 Å². The van der Waals surface area contributed by atoms with E-state index in [1.54, 1.807) is 48.5 Å².